The van der Waals surface area contributed by atoms with Crippen molar-refractivity contribution in [2.75, 3.05) is 0 Å². The van der Waals surface area contributed by atoms with E-state index in [9.17, 15) is 19.5 Å². The second kappa shape index (κ2) is 10.2. The summed E-state index contributed by atoms with van der Waals surface area (Å²) in [4.78, 5) is 36.8. The van der Waals surface area contributed by atoms with Crippen molar-refractivity contribution in [3.05, 3.63) is 83.6 Å². The third kappa shape index (κ3) is 6.83. The number of nitrogens with one attached hydrogen (secondary N) is 1. The quantitative estimate of drug-likeness (QED) is 0.637. The zero-order chi connectivity index (χ0) is 24.0. The van der Waals surface area contributed by atoms with E-state index in [-0.39, 0.29) is 12.2 Å². The molecule has 0 saturated heterocycles. The van der Waals surface area contributed by atoms with E-state index in [4.69, 9.17) is 14.2 Å². The summed E-state index contributed by atoms with van der Waals surface area (Å²) in [6.07, 6.45) is -1.50. The van der Waals surface area contributed by atoms with Gasteiger partial charge in [0.2, 0.25) is 5.76 Å². The van der Waals surface area contributed by atoms with Gasteiger partial charge in [0.15, 0.2) is 12.2 Å². The summed E-state index contributed by atoms with van der Waals surface area (Å²) in [6.45, 7) is 5.13. The lowest BCUT2D eigenvalue weighted by atomic mass is 10.0. The van der Waals surface area contributed by atoms with E-state index in [1.807, 2.05) is 60.7 Å². The topological polar surface area (TPSA) is 111 Å². The zero-order valence-corrected chi connectivity index (χ0v) is 18.7. The molecule has 0 radical (unpaired) electrons. The van der Waals surface area contributed by atoms with Crippen molar-refractivity contribution < 1.29 is 33.7 Å². The van der Waals surface area contributed by atoms with Crippen LogP contribution >= 0.6 is 0 Å². The van der Waals surface area contributed by atoms with Gasteiger partial charge < -0.3 is 24.6 Å². The Morgan fingerprint density at radius 1 is 1.00 bits per heavy atom. The van der Waals surface area contributed by atoms with Crippen LogP contribution in [0.4, 0.5) is 4.79 Å². The van der Waals surface area contributed by atoms with Crippen LogP contribution in [0.25, 0.3) is 0 Å². The maximum Gasteiger partial charge on any atom is 0.408 e. The molecule has 3 rings (SSSR count). The van der Waals surface area contributed by atoms with E-state index in [0.29, 0.717) is 0 Å². The third-order valence-corrected chi connectivity index (χ3v) is 4.70. The highest BCUT2D eigenvalue weighted by Gasteiger charge is 2.35. The van der Waals surface area contributed by atoms with Gasteiger partial charge in [-0.1, -0.05) is 60.7 Å². The van der Waals surface area contributed by atoms with Crippen LogP contribution in [-0.4, -0.2) is 40.9 Å². The molecule has 2 N–H and O–H groups in total. The second-order valence-electron chi connectivity index (χ2n) is 8.57. The molecule has 0 aromatic heterocycles. The van der Waals surface area contributed by atoms with Gasteiger partial charge in [0.25, 0.3) is 0 Å². The van der Waals surface area contributed by atoms with Crippen LogP contribution in [0, 0.1) is 0 Å². The number of hydrogen-bond acceptors (Lipinski definition) is 6. The highest BCUT2D eigenvalue weighted by atomic mass is 16.6. The van der Waals surface area contributed by atoms with Crippen molar-refractivity contribution in [3.63, 3.8) is 0 Å². The van der Waals surface area contributed by atoms with Gasteiger partial charge in [-0.05, 0) is 38.0 Å². The van der Waals surface area contributed by atoms with E-state index >= 15 is 0 Å². The number of alkyl carbamates (subject to hydrolysis) is 1. The molecule has 0 saturated carbocycles. The summed E-state index contributed by atoms with van der Waals surface area (Å²) >= 11 is 0. The molecule has 0 bridgehead atoms. The average molecular weight is 453 g/mol. The monoisotopic (exact) mass is 453 g/mol. The minimum absolute atomic E-state index is 0.0633. The van der Waals surface area contributed by atoms with Crippen molar-refractivity contribution in [1.82, 2.24) is 5.32 Å². The van der Waals surface area contributed by atoms with Crippen molar-refractivity contribution >= 4 is 18.0 Å². The molecule has 8 nitrogen and oxygen atoms in total. The van der Waals surface area contributed by atoms with Crippen LogP contribution < -0.4 is 5.32 Å². The number of ether oxygens (including phenoxy) is 3. The predicted octanol–water partition coefficient (Wildman–Crippen LogP) is 3.97. The first-order valence-corrected chi connectivity index (χ1v) is 10.5. The van der Waals surface area contributed by atoms with E-state index < -0.39 is 41.9 Å². The van der Waals surface area contributed by atoms with Crippen LogP contribution in [0.2, 0.25) is 0 Å². The second-order valence-corrected chi connectivity index (χ2v) is 8.57. The van der Waals surface area contributed by atoms with Gasteiger partial charge in [0.05, 0.1) is 6.04 Å². The van der Waals surface area contributed by atoms with Crippen LogP contribution in [0.15, 0.2) is 72.5 Å². The van der Waals surface area contributed by atoms with Crippen molar-refractivity contribution in [2.24, 2.45) is 0 Å². The molecule has 174 valence electrons. The van der Waals surface area contributed by atoms with E-state index in [1.54, 1.807) is 20.8 Å². The van der Waals surface area contributed by atoms with Crippen LogP contribution in [0.1, 0.15) is 44.4 Å². The number of carboxylic acids is 1. The van der Waals surface area contributed by atoms with Crippen molar-refractivity contribution in [3.8, 4) is 0 Å². The Hall–Kier alpha value is -3.81. The standard InChI is InChI=1S/C25H27NO7/c1-25(2,3)33-24(30)26-18-14-19(22(27)28)31-20(15-18)23(29)32-21(16-10-6-4-7-11-16)17-12-8-5-9-13-17/h4-13,15,18-19,21H,14H2,1-3H3,(H,26,30)(H,27,28). The van der Waals surface area contributed by atoms with E-state index in [0.717, 1.165) is 11.1 Å². The van der Waals surface area contributed by atoms with E-state index in [2.05, 4.69) is 5.32 Å². The number of amides is 1. The molecule has 1 aliphatic heterocycles. The number of rotatable bonds is 6. The average Bonchev–Trinajstić information content (AvgIpc) is 2.77. The molecule has 2 atom stereocenters. The predicted molar refractivity (Wildman–Crippen MR) is 119 cm³/mol. The molecular weight excluding hydrogens is 426 g/mol. The highest BCUT2D eigenvalue weighted by Crippen LogP contribution is 2.28. The Morgan fingerprint density at radius 3 is 2.03 bits per heavy atom. The Labute approximate surface area is 192 Å². The number of aliphatic carboxylic acids is 1. The first-order chi connectivity index (χ1) is 15.6. The lowest BCUT2D eigenvalue weighted by molar-refractivity contribution is -0.156. The molecular formula is C25H27NO7. The van der Waals surface area contributed by atoms with Gasteiger partial charge in [-0.25, -0.2) is 14.4 Å². The van der Waals surface area contributed by atoms with Crippen molar-refractivity contribution in [2.45, 2.75) is 51.0 Å². The normalized spacial score (nSPS) is 18.0. The van der Waals surface area contributed by atoms with Gasteiger partial charge in [0.1, 0.15) is 5.60 Å². The number of carbonyl (C=O) groups excluding carboxylic acids is 2. The number of carboxylic acid groups (broad SMARTS) is 1. The largest absolute Gasteiger partial charge is 0.479 e. The third-order valence-electron chi connectivity index (χ3n) is 4.70. The maximum absolute atomic E-state index is 13.0. The Kier molecular flexibility index (Phi) is 7.37. The smallest absolute Gasteiger partial charge is 0.408 e. The van der Waals surface area contributed by atoms with Gasteiger partial charge >= 0.3 is 18.0 Å². The maximum atomic E-state index is 13.0. The number of hydrogen-bond donors (Lipinski definition) is 2. The number of esters is 1. The lowest BCUT2D eigenvalue weighted by Gasteiger charge is -2.29. The summed E-state index contributed by atoms with van der Waals surface area (Å²) in [6, 6.07) is 17.5. The molecule has 0 fully saturated rings. The lowest BCUT2D eigenvalue weighted by Crippen LogP contribution is -2.44. The SMILES string of the molecule is CC(C)(C)OC(=O)NC1C=C(C(=O)OC(c2ccccc2)c2ccccc2)OC(C(=O)O)C1. The van der Waals surface area contributed by atoms with Gasteiger partial charge in [-0.15, -0.1) is 0 Å². The molecule has 8 heteroatoms. The summed E-state index contributed by atoms with van der Waals surface area (Å²) in [5, 5.41) is 12.0. The molecule has 2 aromatic carbocycles. The van der Waals surface area contributed by atoms with Gasteiger partial charge in [-0.3, -0.25) is 0 Å². The Morgan fingerprint density at radius 2 is 1.55 bits per heavy atom. The Balaban J connectivity index is 1.83. The zero-order valence-electron chi connectivity index (χ0n) is 18.7. The van der Waals surface area contributed by atoms with Gasteiger partial charge in [0, 0.05) is 6.42 Å². The van der Waals surface area contributed by atoms with E-state index in [1.165, 1.54) is 6.08 Å². The molecule has 1 amide bonds. The minimum Gasteiger partial charge on any atom is -0.479 e. The van der Waals surface area contributed by atoms with Gasteiger partial charge in [-0.2, -0.15) is 0 Å². The van der Waals surface area contributed by atoms with Crippen LogP contribution in [-0.2, 0) is 23.8 Å². The number of carbonyl (C=O) groups is 3. The first kappa shape index (κ1) is 23.8. The molecule has 2 aromatic rings. The van der Waals surface area contributed by atoms with Crippen LogP contribution in [0.3, 0.4) is 0 Å². The summed E-state index contributed by atoms with van der Waals surface area (Å²) in [5.74, 6) is -2.38. The number of benzene rings is 2. The summed E-state index contributed by atoms with van der Waals surface area (Å²) in [7, 11) is 0. The molecule has 0 spiro atoms. The first-order valence-electron chi connectivity index (χ1n) is 10.5. The molecule has 1 aliphatic rings. The molecule has 2 unspecified atom stereocenters. The fourth-order valence-corrected chi connectivity index (χ4v) is 3.30. The minimum atomic E-state index is -1.33. The molecule has 0 aliphatic carbocycles. The fraction of sp³-hybridized carbons (Fsp3) is 0.320. The molecule has 33 heavy (non-hydrogen) atoms. The molecule has 1 heterocycles. The van der Waals surface area contributed by atoms with Crippen molar-refractivity contribution in [1.29, 1.82) is 0 Å². The van der Waals surface area contributed by atoms with Crippen LogP contribution in [0.5, 0.6) is 0 Å². The fourth-order valence-electron chi connectivity index (χ4n) is 3.30. The summed E-state index contributed by atoms with van der Waals surface area (Å²) in [5.41, 5.74) is 0.754. The Bertz CT molecular complexity index is 973. The highest BCUT2D eigenvalue weighted by molar-refractivity contribution is 5.88. The summed E-state index contributed by atoms with van der Waals surface area (Å²) < 4.78 is 16.4.